The predicted octanol–water partition coefficient (Wildman–Crippen LogP) is 1.55. The van der Waals surface area contributed by atoms with Gasteiger partial charge in [-0.3, -0.25) is 9.59 Å². The summed E-state index contributed by atoms with van der Waals surface area (Å²) in [6.07, 6.45) is 5.32. The van der Waals surface area contributed by atoms with Crippen LogP contribution in [0.4, 0.5) is 0 Å². The molecule has 2 fully saturated rings. The van der Waals surface area contributed by atoms with Gasteiger partial charge >= 0.3 is 5.97 Å². The van der Waals surface area contributed by atoms with Gasteiger partial charge in [0, 0.05) is 6.04 Å². The van der Waals surface area contributed by atoms with Gasteiger partial charge in [0.1, 0.15) is 5.41 Å². The number of hydrogen-bond donors (Lipinski definition) is 2. The number of hydrogen-bond acceptors (Lipinski definition) is 2. The third-order valence-corrected chi connectivity index (χ3v) is 3.81. The summed E-state index contributed by atoms with van der Waals surface area (Å²) in [6, 6.07) is 0.108. The SMILES string of the molecule is CC(CC1CC1)NC(=O)C1(C(=O)O)CCC1. The van der Waals surface area contributed by atoms with Gasteiger partial charge < -0.3 is 10.4 Å². The fraction of sp³-hybridized carbons (Fsp3) is 0.833. The number of carbonyl (C=O) groups is 2. The Hall–Kier alpha value is -1.06. The maximum absolute atomic E-state index is 11.9. The first kappa shape index (κ1) is 11.4. The molecule has 1 unspecified atom stereocenters. The van der Waals surface area contributed by atoms with E-state index in [0.717, 1.165) is 18.8 Å². The van der Waals surface area contributed by atoms with Gasteiger partial charge in [-0.25, -0.2) is 0 Å². The Bertz CT molecular complexity index is 305. The van der Waals surface area contributed by atoms with Crippen molar-refractivity contribution in [1.82, 2.24) is 5.32 Å². The minimum Gasteiger partial charge on any atom is -0.480 e. The van der Waals surface area contributed by atoms with Crippen molar-refractivity contribution in [2.75, 3.05) is 0 Å². The zero-order valence-electron chi connectivity index (χ0n) is 9.66. The van der Waals surface area contributed by atoms with Gasteiger partial charge in [0.2, 0.25) is 5.91 Å². The first-order valence-corrected chi connectivity index (χ1v) is 6.09. The average molecular weight is 225 g/mol. The highest BCUT2D eigenvalue weighted by molar-refractivity contribution is 6.02. The topological polar surface area (TPSA) is 66.4 Å². The summed E-state index contributed by atoms with van der Waals surface area (Å²) in [5.41, 5.74) is -1.11. The molecular weight excluding hydrogens is 206 g/mol. The van der Waals surface area contributed by atoms with E-state index in [9.17, 15) is 9.59 Å². The van der Waals surface area contributed by atoms with Crippen LogP contribution in [0.15, 0.2) is 0 Å². The number of amides is 1. The molecular formula is C12H19NO3. The lowest BCUT2D eigenvalue weighted by molar-refractivity contribution is -0.162. The first-order chi connectivity index (χ1) is 7.54. The molecule has 2 aliphatic carbocycles. The highest BCUT2D eigenvalue weighted by Gasteiger charge is 2.51. The molecule has 0 aromatic heterocycles. The van der Waals surface area contributed by atoms with Gasteiger partial charge in [-0.2, -0.15) is 0 Å². The summed E-state index contributed by atoms with van der Waals surface area (Å²) >= 11 is 0. The predicted molar refractivity (Wildman–Crippen MR) is 58.9 cm³/mol. The quantitative estimate of drug-likeness (QED) is 0.697. The highest BCUT2D eigenvalue weighted by Crippen LogP contribution is 2.41. The summed E-state index contributed by atoms with van der Waals surface area (Å²) in [5, 5.41) is 12.0. The van der Waals surface area contributed by atoms with Gasteiger partial charge in [-0.1, -0.05) is 19.3 Å². The van der Waals surface area contributed by atoms with E-state index in [4.69, 9.17) is 5.11 Å². The minimum absolute atomic E-state index is 0.108. The van der Waals surface area contributed by atoms with E-state index in [1.165, 1.54) is 12.8 Å². The van der Waals surface area contributed by atoms with Crippen LogP contribution in [-0.4, -0.2) is 23.0 Å². The van der Waals surface area contributed by atoms with Gasteiger partial charge in [0.25, 0.3) is 0 Å². The molecule has 0 spiro atoms. The lowest BCUT2D eigenvalue weighted by Gasteiger charge is -2.36. The molecule has 0 heterocycles. The Kier molecular flexibility index (Phi) is 2.91. The summed E-state index contributed by atoms with van der Waals surface area (Å²) in [5.74, 6) is -0.494. The van der Waals surface area contributed by atoms with Crippen molar-refractivity contribution in [3.63, 3.8) is 0 Å². The van der Waals surface area contributed by atoms with Crippen LogP contribution in [0.1, 0.15) is 45.4 Å². The number of carboxylic acid groups (broad SMARTS) is 1. The zero-order valence-corrected chi connectivity index (χ0v) is 9.66. The molecule has 2 N–H and O–H groups in total. The second-order valence-electron chi connectivity index (χ2n) is 5.29. The zero-order chi connectivity index (χ0) is 11.8. The van der Waals surface area contributed by atoms with Gasteiger partial charge in [-0.15, -0.1) is 0 Å². The maximum atomic E-state index is 11.9. The molecule has 0 radical (unpaired) electrons. The molecule has 4 nitrogen and oxygen atoms in total. The summed E-state index contributed by atoms with van der Waals surface area (Å²) in [4.78, 5) is 23.0. The molecule has 2 rings (SSSR count). The number of carboxylic acids is 1. The van der Waals surface area contributed by atoms with Crippen molar-refractivity contribution in [3.05, 3.63) is 0 Å². The third kappa shape index (κ3) is 2.06. The van der Waals surface area contributed by atoms with Gasteiger partial charge in [0.15, 0.2) is 0 Å². The fourth-order valence-corrected chi connectivity index (χ4v) is 2.34. The van der Waals surface area contributed by atoms with Crippen LogP contribution in [0.3, 0.4) is 0 Å². The molecule has 4 heteroatoms. The standard InChI is InChI=1S/C12H19NO3/c1-8(7-9-3-4-9)13-10(14)12(11(15)16)5-2-6-12/h8-9H,2-7H2,1H3,(H,13,14)(H,15,16). The third-order valence-electron chi connectivity index (χ3n) is 3.81. The van der Waals surface area contributed by atoms with Crippen molar-refractivity contribution in [3.8, 4) is 0 Å². The maximum Gasteiger partial charge on any atom is 0.319 e. The van der Waals surface area contributed by atoms with Crippen molar-refractivity contribution in [2.24, 2.45) is 11.3 Å². The van der Waals surface area contributed by atoms with Crippen LogP contribution in [0.2, 0.25) is 0 Å². The molecule has 1 atom stereocenters. The molecule has 0 aliphatic heterocycles. The number of aliphatic carboxylic acids is 1. The van der Waals surface area contributed by atoms with Crippen LogP contribution in [0.5, 0.6) is 0 Å². The Morgan fingerprint density at radius 3 is 2.44 bits per heavy atom. The second-order valence-corrected chi connectivity index (χ2v) is 5.29. The largest absolute Gasteiger partial charge is 0.480 e. The number of nitrogens with one attached hydrogen (secondary N) is 1. The summed E-state index contributed by atoms with van der Waals surface area (Å²) in [6.45, 7) is 1.96. The molecule has 0 saturated heterocycles. The fourth-order valence-electron chi connectivity index (χ4n) is 2.34. The van der Waals surface area contributed by atoms with Crippen LogP contribution in [0, 0.1) is 11.3 Å². The van der Waals surface area contributed by atoms with Gasteiger partial charge in [-0.05, 0) is 32.1 Å². The van der Waals surface area contributed by atoms with E-state index < -0.39 is 11.4 Å². The lowest BCUT2D eigenvalue weighted by Crippen LogP contribution is -2.53. The molecule has 1 amide bonds. The molecule has 2 aliphatic rings. The van der Waals surface area contributed by atoms with Crippen LogP contribution >= 0.6 is 0 Å². The van der Waals surface area contributed by atoms with Crippen molar-refractivity contribution in [1.29, 1.82) is 0 Å². The number of carbonyl (C=O) groups excluding carboxylic acids is 1. The van der Waals surface area contributed by atoms with Crippen LogP contribution < -0.4 is 5.32 Å². The highest BCUT2D eigenvalue weighted by atomic mass is 16.4. The Morgan fingerprint density at radius 1 is 1.44 bits per heavy atom. The van der Waals surface area contributed by atoms with E-state index >= 15 is 0 Å². The molecule has 2 saturated carbocycles. The molecule has 90 valence electrons. The second kappa shape index (κ2) is 4.07. The Balaban J connectivity index is 1.87. The Labute approximate surface area is 95.4 Å². The smallest absolute Gasteiger partial charge is 0.319 e. The van der Waals surface area contributed by atoms with Crippen molar-refractivity contribution >= 4 is 11.9 Å². The Morgan fingerprint density at radius 2 is 2.06 bits per heavy atom. The van der Waals surface area contributed by atoms with Crippen molar-refractivity contribution in [2.45, 2.75) is 51.5 Å². The molecule has 16 heavy (non-hydrogen) atoms. The summed E-state index contributed by atoms with van der Waals surface area (Å²) < 4.78 is 0. The number of rotatable bonds is 5. The lowest BCUT2D eigenvalue weighted by atomic mass is 9.68. The molecule has 0 bridgehead atoms. The molecule has 0 aromatic carbocycles. The normalized spacial score (nSPS) is 24.3. The van der Waals surface area contributed by atoms with E-state index in [0.29, 0.717) is 12.8 Å². The van der Waals surface area contributed by atoms with Crippen LogP contribution in [0.25, 0.3) is 0 Å². The van der Waals surface area contributed by atoms with Crippen molar-refractivity contribution < 1.29 is 14.7 Å². The monoisotopic (exact) mass is 225 g/mol. The minimum atomic E-state index is -1.11. The average Bonchev–Trinajstić information content (AvgIpc) is 2.83. The van der Waals surface area contributed by atoms with Gasteiger partial charge in [0.05, 0.1) is 0 Å². The molecule has 0 aromatic rings. The van der Waals surface area contributed by atoms with E-state index in [1.807, 2.05) is 6.92 Å². The van der Waals surface area contributed by atoms with E-state index in [2.05, 4.69) is 5.32 Å². The van der Waals surface area contributed by atoms with E-state index in [1.54, 1.807) is 0 Å². The summed E-state index contributed by atoms with van der Waals surface area (Å²) in [7, 11) is 0. The first-order valence-electron chi connectivity index (χ1n) is 6.09. The van der Waals surface area contributed by atoms with Crippen LogP contribution in [-0.2, 0) is 9.59 Å². The van der Waals surface area contributed by atoms with E-state index in [-0.39, 0.29) is 11.9 Å².